The Bertz CT molecular complexity index is 547. The molecule has 1 atom stereocenters. The molecule has 1 aromatic carbocycles. The van der Waals surface area contributed by atoms with E-state index in [1.54, 1.807) is 24.3 Å². The maximum atomic E-state index is 11.9. The molecule has 0 radical (unpaired) electrons. The van der Waals surface area contributed by atoms with Gasteiger partial charge in [0.1, 0.15) is 0 Å². The van der Waals surface area contributed by atoms with Crippen LogP contribution in [0.25, 0.3) is 0 Å². The molecule has 0 saturated carbocycles. The fourth-order valence-corrected chi connectivity index (χ4v) is 3.05. The highest BCUT2D eigenvalue weighted by Crippen LogP contribution is 2.09. The number of hydrogen-bond acceptors (Lipinski definition) is 4. The summed E-state index contributed by atoms with van der Waals surface area (Å²) >= 11 is 0. The van der Waals surface area contributed by atoms with E-state index in [0.29, 0.717) is 24.1 Å². The lowest BCUT2D eigenvalue weighted by Gasteiger charge is -2.14. The molecule has 0 aliphatic rings. The average molecular weight is 296 g/mol. The highest BCUT2D eigenvalue weighted by Gasteiger charge is 2.14. The van der Waals surface area contributed by atoms with Crippen LogP contribution in [0.4, 0.5) is 0 Å². The number of nitriles is 1. The Kier molecular flexibility index (Phi) is 6.65. The van der Waals surface area contributed by atoms with Crippen molar-refractivity contribution >= 4 is 10.0 Å². The summed E-state index contributed by atoms with van der Waals surface area (Å²) in [6.45, 7) is 2.38. The van der Waals surface area contributed by atoms with Gasteiger partial charge in [-0.3, -0.25) is 0 Å². The van der Waals surface area contributed by atoms with Gasteiger partial charge < -0.3 is 5.11 Å². The number of rotatable bonds is 8. The lowest BCUT2D eigenvalue weighted by atomic mass is 10.0. The second-order valence-corrected chi connectivity index (χ2v) is 6.51. The second-order valence-electron chi connectivity index (χ2n) is 4.70. The van der Waals surface area contributed by atoms with Crippen LogP contribution in [0.1, 0.15) is 30.9 Å². The van der Waals surface area contributed by atoms with Gasteiger partial charge in [0.2, 0.25) is 10.0 Å². The maximum Gasteiger partial charge on any atom is 0.215 e. The third-order valence-electron chi connectivity index (χ3n) is 3.15. The zero-order valence-corrected chi connectivity index (χ0v) is 12.4. The monoisotopic (exact) mass is 296 g/mol. The maximum absolute atomic E-state index is 11.9. The van der Waals surface area contributed by atoms with E-state index >= 15 is 0 Å². The van der Waals surface area contributed by atoms with Gasteiger partial charge in [0.25, 0.3) is 0 Å². The van der Waals surface area contributed by atoms with E-state index in [-0.39, 0.29) is 18.3 Å². The first-order chi connectivity index (χ1) is 9.50. The molecule has 0 aromatic heterocycles. The van der Waals surface area contributed by atoms with E-state index in [2.05, 4.69) is 4.72 Å². The molecule has 0 aliphatic heterocycles. The molecule has 0 amide bonds. The zero-order chi connectivity index (χ0) is 15.0. The van der Waals surface area contributed by atoms with Crippen LogP contribution in [-0.2, 0) is 15.8 Å². The molecule has 1 aromatic rings. The predicted molar refractivity (Wildman–Crippen MR) is 77.3 cm³/mol. The molecule has 1 unspecified atom stereocenters. The number of aliphatic hydroxyl groups excluding tert-OH is 1. The van der Waals surface area contributed by atoms with Crippen molar-refractivity contribution in [2.24, 2.45) is 5.92 Å². The van der Waals surface area contributed by atoms with Crippen molar-refractivity contribution in [1.82, 2.24) is 4.72 Å². The van der Waals surface area contributed by atoms with Crippen molar-refractivity contribution in [2.75, 3.05) is 13.2 Å². The first kappa shape index (κ1) is 16.6. The fraction of sp³-hybridized carbons (Fsp3) is 0.500. The summed E-state index contributed by atoms with van der Waals surface area (Å²) < 4.78 is 26.4. The van der Waals surface area contributed by atoms with Crippen LogP contribution in [-0.4, -0.2) is 26.7 Å². The third-order valence-corrected chi connectivity index (χ3v) is 4.47. The molecule has 0 bridgehead atoms. The number of nitrogens with one attached hydrogen (secondary N) is 1. The van der Waals surface area contributed by atoms with Gasteiger partial charge in [-0.1, -0.05) is 25.5 Å². The van der Waals surface area contributed by atoms with Crippen molar-refractivity contribution in [3.05, 3.63) is 35.4 Å². The standard InChI is InChI=1S/C14H20N2O3S/c1-2-12(7-8-17)10-16-20(18,19)11-14-5-3-13(9-15)4-6-14/h3-6,12,16-17H,2,7-8,10-11H2,1H3. The lowest BCUT2D eigenvalue weighted by Crippen LogP contribution is -2.30. The van der Waals surface area contributed by atoms with Gasteiger partial charge in [-0.15, -0.1) is 0 Å². The number of aliphatic hydroxyl groups is 1. The Morgan fingerprint density at radius 1 is 1.35 bits per heavy atom. The van der Waals surface area contributed by atoms with Crippen LogP contribution < -0.4 is 4.72 Å². The van der Waals surface area contributed by atoms with Crippen LogP contribution in [0.15, 0.2) is 24.3 Å². The lowest BCUT2D eigenvalue weighted by molar-refractivity contribution is 0.254. The van der Waals surface area contributed by atoms with E-state index in [9.17, 15) is 8.42 Å². The third kappa shape index (κ3) is 5.70. The summed E-state index contributed by atoms with van der Waals surface area (Å²) in [5.74, 6) is 0.0459. The topological polar surface area (TPSA) is 90.2 Å². The number of hydrogen-bond donors (Lipinski definition) is 2. The van der Waals surface area contributed by atoms with Gasteiger partial charge in [-0.2, -0.15) is 5.26 Å². The summed E-state index contributed by atoms with van der Waals surface area (Å²) in [5.41, 5.74) is 1.15. The molecule has 0 heterocycles. The highest BCUT2D eigenvalue weighted by atomic mass is 32.2. The summed E-state index contributed by atoms with van der Waals surface area (Å²) in [5, 5.41) is 17.6. The van der Waals surface area contributed by atoms with E-state index in [0.717, 1.165) is 6.42 Å². The van der Waals surface area contributed by atoms with E-state index < -0.39 is 10.0 Å². The number of benzene rings is 1. The highest BCUT2D eigenvalue weighted by molar-refractivity contribution is 7.88. The predicted octanol–water partition coefficient (Wildman–Crippen LogP) is 1.39. The van der Waals surface area contributed by atoms with Crippen LogP contribution in [0.3, 0.4) is 0 Å². The normalized spacial score (nSPS) is 12.8. The number of sulfonamides is 1. The largest absolute Gasteiger partial charge is 0.396 e. The molecule has 5 nitrogen and oxygen atoms in total. The van der Waals surface area contributed by atoms with Gasteiger partial charge in [0.15, 0.2) is 0 Å². The van der Waals surface area contributed by atoms with Crippen molar-refractivity contribution in [3.63, 3.8) is 0 Å². The van der Waals surface area contributed by atoms with Crippen LogP contribution in [0, 0.1) is 17.2 Å². The minimum absolute atomic E-state index is 0.0653. The van der Waals surface area contributed by atoms with E-state index in [4.69, 9.17) is 10.4 Å². The minimum atomic E-state index is -3.39. The summed E-state index contributed by atoms with van der Waals surface area (Å²) in [7, 11) is -3.39. The molecule has 0 spiro atoms. The van der Waals surface area contributed by atoms with Crippen LogP contribution in [0.2, 0.25) is 0 Å². The Labute approximate surface area is 120 Å². The Morgan fingerprint density at radius 3 is 2.50 bits per heavy atom. The quantitative estimate of drug-likeness (QED) is 0.758. The first-order valence-electron chi connectivity index (χ1n) is 6.58. The molecule has 0 aliphatic carbocycles. The summed E-state index contributed by atoms with van der Waals surface area (Å²) in [6, 6.07) is 8.48. The van der Waals surface area contributed by atoms with Gasteiger partial charge in [0.05, 0.1) is 17.4 Å². The molecule has 2 N–H and O–H groups in total. The molecular weight excluding hydrogens is 276 g/mol. The van der Waals surface area contributed by atoms with Gasteiger partial charge in [-0.25, -0.2) is 13.1 Å². The van der Waals surface area contributed by atoms with E-state index in [1.807, 2.05) is 13.0 Å². The van der Waals surface area contributed by atoms with Crippen molar-refractivity contribution in [1.29, 1.82) is 5.26 Å². The average Bonchev–Trinajstić information content (AvgIpc) is 2.44. The molecule has 0 fully saturated rings. The van der Waals surface area contributed by atoms with Gasteiger partial charge in [0, 0.05) is 13.2 Å². The van der Waals surface area contributed by atoms with Crippen molar-refractivity contribution < 1.29 is 13.5 Å². The van der Waals surface area contributed by atoms with Gasteiger partial charge >= 0.3 is 0 Å². The molecule has 6 heteroatoms. The van der Waals surface area contributed by atoms with Crippen molar-refractivity contribution in [3.8, 4) is 6.07 Å². The Morgan fingerprint density at radius 2 is 2.00 bits per heavy atom. The van der Waals surface area contributed by atoms with E-state index in [1.165, 1.54) is 0 Å². The van der Waals surface area contributed by atoms with Crippen LogP contribution >= 0.6 is 0 Å². The molecule has 110 valence electrons. The zero-order valence-electron chi connectivity index (χ0n) is 11.5. The Balaban J connectivity index is 2.58. The molecular formula is C14H20N2O3S. The number of nitrogens with zero attached hydrogens (tertiary/aromatic N) is 1. The van der Waals surface area contributed by atoms with Crippen molar-refractivity contribution in [2.45, 2.75) is 25.5 Å². The molecule has 1 rings (SSSR count). The molecule has 0 saturated heterocycles. The first-order valence-corrected chi connectivity index (χ1v) is 8.23. The fourth-order valence-electron chi connectivity index (χ4n) is 1.82. The van der Waals surface area contributed by atoms with Crippen LogP contribution in [0.5, 0.6) is 0 Å². The second kappa shape index (κ2) is 8.00. The Hall–Kier alpha value is -1.42. The minimum Gasteiger partial charge on any atom is -0.396 e. The smallest absolute Gasteiger partial charge is 0.215 e. The summed E-state index contributed by atoms with van der Waals surface area (Å²) in [6.07, 6.45) is 1.41. The van der Waals surface area contributed by atoms with Gasteiger partial charge in [-0.05, 0) is 30.0 Å². The SMILES string of the molecule is CCC(CCO)CNS(=O)(=O)Cc1ccc(C#N)cc1. The molecule has 20 heavy (non-hydrogen) atoms. The summed E-state index contributed by atoms with van der Waals surface area (Å²) in [4.78, 5) is 0.